The van der Waals surface area contributed by atoms with Crippen LogP contribution in [0.4, 0.5) is 0 Å². The summed E-state index contributed by atoms with van der Waals surface area (Å²) in [6, 6.07) is 7.69. The van der Waals surface area contributed by atoms with Gasteiger partial charge in [0, 0.05) is 23.8 Å². The third-order valence-electron chi connectivity index (χ3n) is 2.41. The Morgan fingerprint density at radius 3 is 2.94 bits per heavy atom. The van der Waals surface area contributed by atoms with Gasteiger partial charge in [0.1, 0.15) is 0 Å². The summed E-state index contributed by atoms with van der Waals surface area (Å²) in [6.45, 7) is 2.61. The third kappa shape index (κ3) is 3.14. The van der Waals surface area contributed by atoms with Crippen molar-refractivity contribution in [3.63, 3.8) is 0 Å². The van der Waals surface area contributed by atoms with Crippen molar-refractivity contribution in [3.8, 4) is 0 Å². The maximum Gasteiger partial charge on any atom is 0.261 e. The molecule has 0 spiro atoms. The number of carbonyl (C=O) groups is 1. The Hall–Kier alpha value is -1.68. The number of pyridine rings is 1. The molecular weight excluding hydrogens is 232 g/mol. The van der Waals surface area contributed by atoms with Gasteiger partial charge in [-0.2, -0.15) is 0 Å². The SMILES string of the molecule is CCc1ccc(C(=O)NCc2cccnc2)s1. The zero-order valence-corrected chi connectivity index (χ0v) is 10.5. The van der Waals surface area contributed by atoms with Crippen molar-refractivity contribution >= 4 is 17.2 Å². The molecule has 4 heteroatoms. The average Bonchev–Trinajstić information content (AvgIpc) is 2.86. The summed E-state index contributed by atoms with van der Waals surface area (Å²) in [5.74, 6) is -0.0152. The smallest absolute Gasteiger partial charge is 0.261 e. The van der Waals surface area contributed by atoms with Crippen molar-refractivity contribution in [2.75, 3.05) is 0 Å². The fraction of sp³-hybridized carbons (Fsp3) is 0.231. The van der Waals surface area contributed by atoms with Crippen LogP contribution in [-0.4, -0.2) is 10.9 Å². The fourth-order valence-corrected chi connectivity index (χ4v) is 2.33. The second-order valence-corrected chi connectivity index (χ2v) is 4.83. The zero-order chi connectivity index (χ0) is 12.1. The summed E-state index contributed by atoms with van der Waals surface area (Å²) in [5, 5.41) is 2.88. The van der Waals surface area contributed by atoms with E-state index in [0.717, 1.165) is 16.9 Å². The highest BCUT2D eigenvalue weighted by molar-refractivity contribution is 7.14. The number of aromatic nitrogens is 1. The Bertz CT molecular complexity index is 493. The molecule has 0 fully saturated rings. The van der Waals surface area contributed by atoms with Crippen LogP contribution in [0.5, 0.6) is 0 Å². The van der Waals surface area contributed by atoms with Gasteiger partial charge in [-0.15, -0.1) is 11.3 Å². The van der Waals surface area contributed by atoms with Gasteiger partial charge in [-0.1, -0.05) is 13.0 Å². The lowest BCUT2D eigenvalue weighted by Crippen LogP contribution is -2.21. The molecule has 2 aromatic rings. The number of thiophene rings is 1. The molecule has 0 aliphatic rings. The molecule has 0 radical (unpaired) electrons. The van der Waals surface area contributed by atoms with E-state index >= 15 is 0 Å². The van der Waals surface area contributed by atoms with Crippen LogP contribution in [0.3, 0.4) is 0 Å². The minimum atomic E-state index is -0.0152. The summed E-state index contributed by atoms with van der Waals surface area (Å²) in [6.07, 6.45) is 4.45. The number of hydrogen-bond acceptors (Lipinski definition) is 3. The maximum atomic E-state index is 11.8. The molecule has 0 bridgehead atoms. The molecule has 1 amide bonds. The van der Waals surface area contributed by atoms with E-state index < -0.39 is 0 Å². The molecule has 2 aromatic heterocycles. The molecule has 0 unspecified atom stereocenters. The number of aryl methyl sites for hydroxylation is 1. The lowest BCUT2D eigenvalue weighted by atomic mass is 10.3. The van der Waals surface area contributed by atoms with Crippen molar-refractivity contribution in [1.29, 1.82) is 0 Å². The molecule has 3 nitrogen and oxygen atoms in total. The summed E-state index contributed by atoms with van der Waals surface area (Å²) in [7, 11) is 0. The first kappa shape index (κ1) is 11.8. The number of amides is 1. The molecule has 1 N–H and O–H groups in total. The fourth-order valence-electron chi connectivity index (χ4n) is 1.46. The topological polar surface area (TPSA) is 42.0 Å². The molecule has 2 rings (SSSR count). The highest BCUT2D eigenvalue weighted by Crippen LogP contribution is 2.16. The quantitative estimate of drug-likeness (QED) is 0.901. The zero-order valence-electron chi connectivity index (χ0n) is 9.64. The van der Waals surface area contributed by atoms with Crippen molar-refractivity contribution in [2.45, 2.75) is 19.9 Å². The van der Waals surface area contributed by atoms with E-state index in [1.54, 1.807) is 23.7 Å². The van der Waals surface area contributed by atoms with E-state index in [1.165, 1.54) is 4.88 Å². The molecule has 0 atom stereocenters. The highest BCUT2D eigenvalue weighted by atomic mass is 32.1. The summed E-state index contributed by atoms with van der Waals surface area (Å²) in [4.78, 5) is 17.8. The predicted octanol–water partition coefficient (Wildman–Crippen LogP) is 2.64. The second kappa shape index (κ2) is 5.59. The predicted molar refractivity (Wildman–Crippen MR) is 69.1 cm³/mol. The number of nitrogens with zero attached hydrogens (tertiary/aromatic N) is 1. The van der Waals surface area contributed by atoms with Crippen LogP contribution in [0.2, 0.25) is 0 Å². The Balaban J connectivity index is 1.93. The van der Waals surface area contributed by atoms with Gasteiger partial charge in [-0.25, -0.2) is 0 Å². The summed E-state index contributed by atoms with van der Waals surface area (Å²) in [5.41, 5.74) is 1.01. The van der Waals surface area contributed by atoms with Crippen molar-refractivity contribution in [3.05, 3.63) is 52.0 Å². The van der Waals surface area contributed by atoms with Gasteiger partial charge in [0.05, 0.1) is 4.88 Å². The average molecular weight is 246 g/mol. The Morgan fingerprint density at radius 1 is 1.41 bits per heavy atom. The van der Waals surface area contributed by atoms with Crippen LogP contribution >= 0.6 is 11.3 Å². The molecule has 0 aliphatic heterocycles. The van der Waals surface area contributed by atoms with E-state index in [9.17, 15) is 4.79 Å². The molecule has 88 valence electrons. The molecule has 0 aliphatic carbocycles. The summed E-state index contributed by atoms with van der Waals surface area (Å²) >= 11 is 1.55. The van der Waals surface area contributed by atoms with E-state index in [0.29, 0.717) is 6.54 Å². The monoisotopic (exact) mass is 246 g/mol. The molecule has 0 aromatic carbocycles. The number of hydrogen-bond donors (Lipinski definition) is 1. The molecule has 0 saturated heterocycles. The highest BCUT2D eigenvalue weighted by Gasteiger charge is 2.07. The normalized spacial score (nSPS) is 10.2. The van der Waals surface area contributed by atoms with Crippen molar-refractivity contribution < 1.29 is 4.79 Å². The lowest BCUT2D eigenvalue weighted by molar-refractivity contribution is 0.0955. The Kier molecular flexibility index (Phi) is 3.88. The van der Waals surface area contributed by atoms with Crippen LogP contribution in [-0.2, 0) is 13.0 Å². The van der Waals surface area contributed by atoms with Crippen LogP contribution < -0.4 is 5.32 Å². The third-order valence-corrected chi connectivity index (χ3v) is 3.64. The van der Waals surface area contributed by atoms with Crippen molar-refractivity contribution in [1.82, 2.24) is 10.3 Å². The Morgan fingerprint density at radius 2 is 2.29 bits per heavy atom. The van der Waals surface area contributed by atoms with Gasteiger partial charge in [-0.05, 0) is 30.2 Å². The van der Waals surface area contributed by atoms with E-state index in [2.05, 4.69) is 17.2 Å². The first-order chi connectivity index (χ1) is 8.29. The van der Waals surface area contributed by atoms with Gasteiger partial charge in [-0.3, -0.25) is 9.78 Å². The van der Waals surface area contributed by atoms with Gasteiger partial charge in [0.15, 0.2) is 0 Å². The van der Waals surface area contributed by atoms with E-state index in [-0.39, 0.29) is 5.91 Å². The maximum absolute atomic E-state index is 11.8. The van der Waals surface area contributed by atoms with Crippen LogP contribution in [0.25, 0.3) is 0 Å². The second-order valence-electron chi connectivity index (χ2n) is 3.66. The molecular formula is C13H14N2OS. The lowest BCUT2D eigenvalue weighted by Gasteiger charge is -2.02. The minimum absolute atomic E-state index is 0.0152. The van der Waals surface area contributed by atoms with Gasteiger partial charge < -0.3 is 5.32 Å². The molecule has 2 heterocycles. The van der Waals surface area contributed by atoms with Crippen molar-refractivity contribution in [2.24, 2.45) is 0 Å². The number of carbonyl (C=O) groups excluding carboxylic acids is 1. The largest absolute Gasteiger partial charge is 0.347 e. The Labute approximate surface area is 105 Å². The number of nitrogens with one attached hydrogen (secondary N) is 1. The van der Waals surface area contributed by atoms with Crippen LogP contribution in [0, 0.1) is 0 Å². The van der Waals surface area contributed by atoms with Crippen LogP contribution in [0.1, 0.15) is 27.0 Å². The standard InChI is InChI=1S/C13H14N2OS/c1-2-11-5-6-12(17-11)13(16)15-9-10-4-3-7-14-8-10/h3-8H,2,9H2,1H3,(H,15,16). The molecule has 0 saturated carbocycles. The number of rotatable bonds is 4. The van der Waals surface area contributed by atoms with Gasteiger partial charge in [0.2, 0.25) is 0 Å². The van der Waals surface area contributed by atoms with E-state index in [4.69, 9.17) is 0 Å². The minimum Gasteiger partial charge on any atom is -0.347 e. The molecule has 17 heavy (non-hydrogen) atoms. The van der Waals surface area contributed by atoms with Crippen LogP contribution in [0.15, 0.2) is 36.7 Å². The van der Waals surface area contributed by atoms with Gasteiger partial charge >= 0.3 is 0 Å². The first-order valence-electron chi connectivity index (χ1n) is 5.55. The first-order valence-corrected chi connectivity index (χ1v) is 6.37. The van der Waals surface area contributed by atoms with Gasteiger partial charge in [0.25, 0.3) is 5.91 Å². The van der Waals surface area contributed by atoms with E-state index in [1.807, 2.05) is 24.3 Å². The summed E-state index contributed by atoms with van der Waals surface area (Å²) < 4.78 is 0.